The predicted octanol–water partition coefficient (Wildman–Crippen LogP) is -1.16. The molecule has 426 valence electrons. The number of carboxylic acid groups (broad SMARTS) is 1. The maximum absolute atomic E-state index is 10.3. The number of aliphatic carboxylic acids is 1. The molecular formula is C48H96O23. The summed E-state index contributed by atoms with van der Waals surface area (Å²) in [5.41, 5.74) is 0. The number of hydrogen-bond acceptors (Lipinski definition) is 22. The van der Waals surface area contributed by atoms with Crippen LogP contribution in [0.15, 0.2) is 12.2 Å². The van der Waals surface area contributed by atoms with Crippen molar-refractivity contribution in [2.75, 3.05) is 132 Å². The normalized spacial score (nSPS) is 16.2. The molecule has 0 spiro atoms. The molecule has 10 unspecified atom stereocenters. The molecule has 0 aliphatic rings. The Bertz CT molecular complexity index is 1070. The molecule has 0 aromatic carbocycles. The van der Waals surface area contributed by atoms with Gasteiger partial charge >= 0.3 is 5.97 Å². The number of unbranched alkanes of at least 4 members (excludes halogenated alkanes) is 11. The van der Waals surface area contributed by atoms with Crippen LogP contribution < -0.4 is 0 Å². The van der Waals surface area contributed by atoms with Crippen LogP contribution in [0.3, 0.4) is 0 Å². The highest BCUT2D eigenvalue weighted by atomic mass is 16.6. The lowest BCUT2D eigenvalue weighted by atomic mass is 10.1. The maximum atomic E-state index is 10.3. The van der Waals surface area contributed by atoms with Crippen LogP contribution in [0.4, 0.5) is 0 Å². The molecule has 0 bridgehead atoms. The van der Waals surface area contributed by atoms with Crippen LogP contribution in [0.2, 0.25) is 0 Å². The zero-order chi connectivity index (χ0) is 53.2. The molecule has 10 atom stereocenters. The summed E-state index contributed by atoms with van der Waals surface area (Å²) in [6.07, 6.45) is 10.9. The lowest BCUT2D eigenvalue weighted by molar-refractivity contribution is -0.137. The molecule has 0 saturated carbocycles. The Morgan fingerprint density at radius 2 is 0.521 bits per heavy atom. The first-order valence-corrected chi connectivity index (χ1v) is 25.2. The van der Waals surface area contributed by atoms with Crippen molar-refractivity contribution < 1.29 is 114 Å². The highest BCUT2D eigenvalue weighted by Crippen LogP contribution is 2.10. The van der Waals surface area contributed by atoms with E-state index in [1.54, 1.807) is 0 Å². The quantitative estimate of drug-likeness (QED) is 0.0252. The Labute approximate surface area is 421 Å². The van der Waals surface area contributed by atoms with Crippen LogP contribution in [0.25, 0.3) is 0 Å². The largest absolute Gasteiger partial charge is 0.481 e. The molecule has 0 fully saturated rings. The van der Waals surface area contributed by atoms with Crippen LogP contribution in [0.5, 0.6) is 0 Å². The molecule has 0 aromatic rings. The fourth-order valence-corrected chi connectivity index (χ4v) is 5.90. The van der Waals surface area contributed by atoms with Crippen molar-refractivity contribution in [2.24, 2.45) is 0 Å². The molecule has 0 aliphatic heterocycles. The smallest absolute Gasteiger partial charge is 0.303 e. The Kier molecular flexibility index (Phi) is 53.5. The molecule has 0 aromatic heterocycles. The number of aliphatic hydroxyl groups is 12. The summed E-state index contributed by atoms with van der Waals surface area (Å²) < 4.78 is 46.3. The average Bonchev–Trinajstić information content (AvgIpc) is 3.32. The number of rotatable bonds is 53. The van der Waals surface area contributed by atoms with Gasteiger partial charge in [0.25, 0.3) is 0 Å². The number of carbonyl (C=O) groups is 1. The first-order valence-electron chi connectivity index (χ1n) is 25.2. The number of carboxylic acids is 1. The summed E-state index contributed by atoms with van der Waals surface area (Å²) in [5, 5.41) is 123. The third-order valence-corrected chi connectivity index (χ3v) is 9.66. The summed E-state index contributed by atoms with van der Waals surface area (Å²) in [6.45, 7) is -1.42. The molecule has 0 radical (unpaired) electrons. The van der Waals surface area contributed by atoms with Gasteiger partial charge in [0.2, 0.25) is 0 Å². The molecule has 0 amide bonds. The predicted molar refractivity (Wildman–Crippen MR) is 259 cm³/mol. The van der Waals surface area contributed by atoms with Gasteiger partial charge in [-0.3, -0.25) is 4.79 Å². The minimum absolute atomic E-state index is 0.123. The van der Waals surface area contributed by atoms with E-state index in [4.69, 9.17) is 68.2 Å². The van der Waals surface area contributed by atoms with Gasteiger partial charge in [-0.2, -0.15) is 0 Å². The number of hydrogen-bond donors (Lipinski definition) is 13. The van der Waals surface area contributed by atoms with Gasteiger partial charge in [-0.05, 0) is 32.1 Å². The summed E-state index contributed by atoms with van der Waals surface area (Å²) in [5.74, 6) is -0.664. The van der Waals surface area contributed by atoms with Gasteiger partial charge in [0.1, 0.15) is 61.0 Å². The Balaban J connectivity index is 0. The van der Waals surface area contributed by atoms with E-state index < -0.39 is 80.2 Å². The standard InChI is InChI=1S/C30H62O21.C18H34O2/c31-1-21(33)3-43-5-23(35)7-45-9-25(37)11-47-13-27(39)15-49-17-29(41)19-51-20-30(42)18-50-16-28(40)14-48-12-26(38)10-46-8-24(36)6-44-4-22(34)2-32;1-2-3-4-5-6-7-8-9-10-11-12-13-14-15-16-17-18(19)20/h21-42H,1-20H2;9-10H,2-8,11-17H2,1H3,(H,19,20)/b;10-9-. The van der Waals surface area contributed by atoms with Gasteiger partial charge < -0.3 is 109 Å². The van der Waals surface area contributed by atoms with Crippen molar-refractivity contribution in [3.63, 3.8) is 0 Å². The van der Waals surface area contributed by atoms with Crippen LogP contribution in [-0.2, 0) is 47.4 Å². The van der Waals surface area contributed by atoms with E-state index in [1.165, 1.54) is 70.6 Å². The lowest BCUT2D eigenvalue weighted by Crippen LogP contribution is -2.32. The zero-order valence-corrected chi connectivity index (χ0v) is 42.4. The number of aliphatic hydroxyl groups excluding tert-OH is 12. The average molecular weight is 1040 g/mol. The minimum Gasteiger partial charge on any atom is -0.481 e. The SMILES string of the molecule is CCCCCCCC/C=C\CCCCCCCC(=O)O.OCC(O)COCC(O)COCC(O)COCC(O)COCC(O)COCC(O)COCC(O)COCC(O)COCC(O)COCC(O)CO. The van der Waals surface area contributed by atoms with Crippen molar-refractivity contribution in [2.45, 2.75) is 158 Å². The van der Waals surface area contributed by atoms with E-state index in [2.05, 4.69) is 19.1 Å². The van der Waals surface area contributed by atoms with E-state index in [0.717, 1.165) is 12.8 Å². The van der Waals surface area contributed by atoms with Crippen molar-refractivity contribution >= 4 is 5.97 Å². The molecule has 23 heteroatoms. The second-order valence-corrected chi connectivity index (χ2v) is 17.5. The first kappa shape index (κ1) is 71.4. The third-order valence-electron chi connectivity index (χ3n) is 9.66. The van der Waals surface area contributed by atoms with Crippen LogP contribution >= 0.6 is 0 Å². The summed E-state index contributed by atoms with van der Waals surface area (Å²) in [4.78, 5) is 10.3. The van der Waals surface area contributed by atoms with Gasteiger partial charge in [-0.15, -0.1) is 0 Å². The highest BCUT2D eigenvalue weighted by molar-refractivity contribution is 5.66. The monoisotopic (exact) mass is 1040 g/mol. The Hall–Kier alpha value is -1.63. The van der Waals surface area contributed by atoms with E-state index >= 15 is 0 Å². The van der Waals surface area contributed by atoms with E-state index in [-0.39, 0.29) is 119 Å². The van der Waals surface area contributed by atoms with Gasteiger partial charge in [0, 0.05) is 6.42 Å². The van der Waals surface area contributed by atoms with Crippen LogP contribution in [0, 0.1) is 0 Å². The molecule has 0 heterocycles. The summed E-state index contributed by atoms with van der Waals surface area (Å²) >= 11 is 0. The Morgan fingerprint density at radius 1 is 0.324 bits per heavy atom. The van der Waals surface area contributed by atoms with Gasteiger partial charge in [-0.25, -0.2) is 0 Å². The lowest BCUT2D eigenvalue weighted by Gasteiger charge is -2.18. The second-order valence-electron chi connectivity index (χ2n) is 17.5. The van der Waals surface area contributed by atoms with E-state index in [9.17, 15) is 45.6 Å². The topological polar surface area (TPSA) is 363 Å². The number of ether oxygens (including phenoxy) is 9. The third kappa shape index (κ3) is 55.9. The number of allylic oxidation sites excluding steroid dienone is 2. The van der Waals surface area contributed by atoms with Crippen LogP contribution in [-0.4, -0.2) is 266 Å². The van der Waals surface area contributed by atoms with E-state index in [1.807, 2.05) is 0 Å². The molecule has 0 saturated heterocycles. The molecular weight excluding hydrogens is 945 g/mol. The molecule has 0 aliphatic carbocycles. The highest BCUT2D eigenvalue weighted by Gasteiger charge is 2.15. The van der Waals surface area contributed by atoms with Gasteiger partial charge in [-0.1, -0.05) is 70.4 Å². The molecule has 13 N–H and O–H groups in total. The zero-order valence-electron chi connectivity index (χ0n) is 42.4. The second kappa shape index (κ2) is 53.2. The van der Waals surface area contributed by atoms with Gasteiger partial charge in [0.05, 0.1) is 132 Å². The van der Waals surface area contributed by atoms with Crippen molar-refractivity contribution in [1.29, 1.82) is 0 Å². The minimum atomic E-state index is -1.05. The summed E-state index contributed by atoms with van der Waals surface area (Å²) in [6, 6.07) is 0. The van der Waals surface area contributed by atoms with Crippen LogP contribution in [0.1, 0.15) is 96.8 Å². The van der Waals surface area contributed by atoms with Gasteiger partial charge in [0.15, 0.2) is 0 Å². The fraction of sp³-hybridized carbons (Fsp3) is 0.938. The molecule has 23 nitrogen and oxygen atoms in total. The molecule has 0 rings (SSSR count). The molecule has 71 heavy (non-hydrogen) atoms. The summed E-state index contributed by atoms with van der Waals surface area (Å²) in [7, 11) is 0. The first-order chi connectivity index (χ1) is 34.1. The fourth-order valence-electron chi connectivity index (χ4n) is 5.90. The van der Waals surface area contributed by atoms with Crippen molar-refractivity contribution in [3.8, 4) is 0 Å². The van der Waals surface area contributed by atoms with E-state index in [0.29, 0.717) is 6.42 Å². The maximum Gasteiger partial charge on any atom is 0.303 e. The van der Waals surface area contributed by atoms with Crippen molar-refractivity contribution in [3.05, 3.63) is 12.2 Å². The van der Waals surface area contributed by atoms with Crippen molar-refractivity contribution in [1.82, 2.24) is 0 Å². The Morgan fingerprint density at radius 3 is 0.732 bits per heavy atom.